The van der Waals surface area contributed by atoms with Crippen molar-refractivity contribution in [3.8, 4) is 5.75 Å². The van der Waals surface area contributed by atoms with Gasteiger partial charge >= 0.3 is 0 Å². The maximum absolute atomic E-state index is 13.4. The Bertz CT molecular complexity index is 1150. The van der Waals surface area contributed by atoms with E-state index in [1.807, 2.05) is 68.4 Å². The number of ether oxygens (including phenoxy) is 1. The molecule has 0 radical (unpaired) electrons. The Balaban J connectivity index is 1.70. The molecule has 4 rings (SSSR count). The fourth-order valence-corrected chi connectivity index (χ4v) is 3.58. The molecule has 6 heteroatoms. The van der Waals surface area contributed by atoms with Crippen LogP contribution in [0.3, 0.4) is 0 Å². The number of anilines is 1. The van der Waals surface area contributed by atoms with Gasteiger partial charge in [-0.3, -0.25) is 19.5 Å². The molecule has 162 valence electrons. The van der Waals surface area contributed by atoms with Crippen molar-refractivity contribution in [3.63, 3.8) is 0 Å². The van der Waals surface area contributed by atoms with Gasteiger partial charge in [-0.05, 0) is 60.4 Å². The summed E-state index contributed by atoms with van der Waals surface area (Å²) in [5, 5.41) is 3.20. The van der Waals surface area contributed by atoms with Crippen LogP contribution < -0.4 is 10.1 Å². The third-order valence-electron chi connectivity index (χ3n) is 5.13. The van der Waals surface area contributed by atoms with Gasteiger partial charge in [0.1, 0.15) is 11.4 Å². The number of nitrogens with one attached hydrogen (secondary N) is 1. The number of aryl methyl sites for hydroxylation is 1. The van der Waals surface area contributed by atoms with Crippen LogP contribution in [-0.2, 0) is 16.1 Å². The van der Waals surface area contributed by atoms with Gasteiger partial charge in [0.05, 0.1) is 18.7 Å². The third kappa shape index (κ3) is 4.54. The van der Waals surface area contributed by atoms with Crippen molar-refractivity contribution in [1.29, 1.82) is 0 Å². The Labute approximate surface area is 187 Å². The summed E-state index contributed by atoms with van der Waals surface area (Å²) in [6.07, 6.45) is 4.23. The van der Waals surface area contributed by atoms with Crippen molar-refractivity contribution < 1.29 is 14.3 Å². The van der Waals surface area contributed by atoms with E-state index in [9.17, 15) is 9.59 Å². The van der Waals surface area contributed by atoms with Gasteiger partial charge in [-0.1, -0.05) is 37.3 Å². The molecule has 1 aliphatic rings. The van der Waals surface area contributed by atoms with Crippen LogP contribution in [0.2, 0.25) is 0 Å². The highest BCUT2D eigenvalue weighted by Gasteiger charge is 2.39. The quantitative estimate of drug-likeness (QED) is 0.533. The van der Waals surface area contributed by atoms with E-state index in [0.717, 1.165) is 29.0 Å². The van der Waals surface area contributed by atoms with Crippen molar-refractivity contribution in [3.05, 3.63) is 95.4 Å². The first kappa shape index (κ1) is 21.3. The number of aromatic nitrogens is 1. The van der Waals surface area contributed by atoms with E-state index in [2.05, 4.69) is 10.3 Å². The van der Waals surface area contributed by atoms with Crippen LogP contribution in [0.15, 0.2) is 78.8 Å². The zero-order valence-corrected chi connectivity index (χ0v) is 18.2. The van der Waals surface area contributed by atoms with Crippen LogP contribution in [0.25, 0.3) is 5.57 Å². The average Bonchev–Trinajstić information content (AvgIpc) is 3.03. The molecule has 1 aromatic heterocycles. The monoisotopic (exact) mass is 427 g/mol. The first-order chi connectivity index (χ1) is 15.6. The van der Waals surface area contributed by atoms with Crippen molar-refractivity contribution >= 4 is 23.1 Å². The highest BCUT2D eigenvalue weighted by molar-refractivity contribution is 6.36. The number of pyridine rings is 1. The van der Waals surface area contributed by atoms with E-state index in [-0.39, 0.29) is 24.1 Å². The highest BCUT2D eigenvalue weighted by Crippen LogP contribution is 2.32. The molecule has 2 amide bonds. The molecular formula is C26H25N3O3. The van der Waals surface area contributed by atoms with Crippen LogP contribution in [-0.4, -0.2) is 28.3 Å². The Morgan fingerprint density at radius 3 is 2.50 bits per heavy atom. The van der Waals surface area contributed by atoms with Crippen molar-refractivity contribution in [2.45, 2.75) is 26.8 Å². The molecule has 2 aromatic carbocycles. The van der Waals surface area contributed by atoms with Crippen LogP contribution >= 0.6 is 0 Å². The van der Waals surface area contributed by atoms with Crippen LogP contribution in [0.5, 0.6) is 5.75 Å². The van der Waals surface area contributed by atoms with Crippen molar-refractivity contribution in [2.75, 3.05) is 11.9 Å². The third-order valence-corrected chi connectivity index (χ3v) is 5.13. The van der Waals surface area contributed by atoms with Crippen LogP contribution in [0.1, 0.15) is 30.0 Å². The van der Waals surface area contributed by atoms with E-state index >= 15 is 0 Å². The summed E-state index contributed by atoms with van der Waals surface area (Å²) < 4.78 is 5.66. The minimum atomic E-state index is -0.360. The van der Waals surface area contributed by atoms with Crippen molar-refractivity contribution in [2.24, 2.45) is 0 Å². The molecule has 0 aliphatic carbocycles. The summed E-state index contributed by atoms with van der Waals surface area (Å²) in [7, 11) is 0. The predicted molar refractivity (Wildman–Crippen MR) is 124 cm³/mol. The first-order valence-electron chi connectivity index (χ1n) is 10.6. The molecule has 0 saturated heterocycles. The van der Waals surface area contributed by atoms with Gasteiger partial charge in [-0.25, -0.2) is 0 Å². The molecule has 0 unspecified atom stereocenters. The number of nitrogens with zero attached hydrogens (tertiary/aromatic N) is 2. The fraction of sp³-hybridized carbons (Fsp3) is 0.192. The number of hydrogen-bond donors (Lipinski definition) is 1. The zero-order valence-electron chi connectivity index (χ0n) is 18.2. The van der Waals surface area contributed by atoms with Gasteiger partial charge in [0.25, 0.3) is 11.8 Å². The molecule has 0 saturated carbocycles. The van der Waals surface area contributed by atoms with Gasteiger partial charge in [-0.15, -0.1) is 0 Å². The lowest BCUT2D eigenvalue weighted by Crippen LogP contribution is -2.32. The molecule has 0 bridgehead atoms. The molecule has 32 heavy (non-hydrogen) atoms. The summed E-state index contributed by atoms with van der Waals surface area (Å²) >= 11 is 0. The standard InChI is InChI=1S/C26H25N3O3/c1-3-14-32-22-11-9-20(10-12-22)23-24(28-21-8-4-6-18(2)15-21)26(31)29(25(23)30)17-19-7-5-13-27-16-19/h4-13,15-16,28H,3,14,17H2,1-2H3. The Kier molecular flexibility index (Phi) is 6.31. The lowest BCUT2D eigenvalue weighted by atomic mass is 10.0. The zero-order chi connectivity index (χ0) is 22.5. The van der Waals surface area contributed by atoms with Gasteiger partial charge in [0.15, 0.2) is 0 Å². The van der Waals surface area contributed by atoms with Crippen LogP contribution in [0, 0.1) is 6.92 Å². The SMILES string of the molecule is CCCOc1ccc(C2=C(Nc3cccc(C)c3)C(=O)N(Cc3cccnc3)C2=O)cc1. The topological polar surface area (TPSA) is 71.5 Å². The normalized spacial score (nSPS) is 13.6. The maximum atomic E-state index is 13.4. The largest absolute Gasteiger partial charge is 0.494 e. The fourth-order valence-electron chi connectivity index (χ4n) is 3.58. The van der Waals surface area contributed by atoms with E-state index in [0.29, 0.717) is 17.7 Å². The second kappa shape index (κ2) is 9.47. The molecule has 3 aromatic rings. The summed E-state index contributed by atoms with van der Waals surface area (Å²) in [4.78, 5) is 32.1. The molecule has 1 N–H and O–H groups in total. The van der Waals surface area contributed by atoms with Gasteiger partial charge in [-0.2, -0.15) is 0 Å². The number of hydrogen-bond acceptors (Lipinski definition) is 5. The highest BCUT2D eigenvalue weighted by atomic mass is 16.5. The smallest absolute Gasteiger partial charge is 0.278 e. The minimum absolute atomic E-state index is 0.158. The number of carbonyl (C=O) groups excluding carboxylic acids is 2. The first-order valence-corrected chi connectivity index (χ1v) is 10.6. The maximum Gasteiger partial charge on any atom is 0.278 e. The van der Waals surface area contributed by atoms with E-state index in [1.54, 1.807) is 18.5 Å². The lowest BCUT2D eigenvalue weighted by Gasteiger charge is -2.15. The Hall–Kier alpha value is -3.93. The molecular weight excluding hydrogens is 402 g/mol. The van der Waals surface area contributed by atoms with Gasteiger partial charge in [0.2, 0.25) is 0 Å². The summed E-state index contributed by atoms with van der Waals surface area (Å²) in [6.45, 7) is 4.80. The second-order valence-corrected chi connectivity index (χ2v) is 7.68. The Morgan fingerprint density at radius 2 is 1.81 bits per heavy atom. The van der Waals surface area contributed by atoms with Gasteiger partial charge < -0.3 is 10.1 Å². The summed E-state index contributed by atoms with van der Waals surface area (Å²) in [6, 6.07) is 18.6. The Morgan fingerprint density at radius 1 is 1.00 bits per heavy atom. The van der Waals surface area contributed by atoms with Gasteiger partial charge in [0, 0.05) is 18.1 Å². The number of imide groups is 1. The van der Waals surface area contributed by atoms with Crippen molar-refractivity contribution in [1.82, 2.24) is 9.88 Å². The van der Waals surface area contributed by atoms with Crippen LogP contribution in [0.4, 0.5) is 5.69 Å². The summed E-state index contributed by atoms with van der Waals surface area (Å²) in [5.41, 5.74) is 3.88. The number of rotatable bonds is 8. The minimum Gasteiger partial charge on any atom is -0.494 e. The molecule has 1 aliphatic heterocycles. The molecule has 6 nitrogen and oxygen atoms in total. The summed E-state index contributed by atoms with van der Waals surface area (Å²) in [5.74, 6) is 0.0336. The molecule has 0 spiro atoms. The average molecular weight is 428 g/mol. The molecule has 2 heterocycles. The molecule has 0 fully saturated rings. The predicted octanol–water partition coefficient (Wildman–Crippen LogP) is 4.57. The lowest BCUT2D eigenvalue weighted by molar-refractivity contribution is -0.137. The number of amides is 2. The van der Waals surface area contributed by atoms with E-state index < -0.39 is 0 Å². The molecule has 0 atom stereocenters. The van der Waals surface area contributed by atoms with E-state index in [1.165, 1.54) is 4.90 Å². The van der Waals surface area contributed by atoms with E-state index in [4.69, 9.17) is 4.74 Å². The number of carbonyl (C=O) groups is 2. The number of benzene rings is 2. The second-order valence-electron chi connectivity index (χ2n) is 7.68.